The lowest BCUT2D eigenvalue weighted by Crippen LogP contribution is -2.44. The quantitative estimate of drug-likeness (QED) is 0.839. The maximum absolute atomic E-state index is 12.5. The van der Waals surface area contributed by atoms with Gasteiger partial charge in [-0.2, -0.15) is 0 Å². The molecule has 1 aromatic carbocycles. The van der Waals surface area contributed by atoms with Crippen LogP contribution in [0.2, 0.25) is 0 Å². The first kappa shape index (κ1) is 12.2. The van der Waals surface area contributed by atoms with E-state index in [0.717, 1.165) is 5.39 Å². The molecule has 5 heteroatoms. The van der Waals surface area contributed by atoms with Gasteiger partial charge in [0.15, 0.2) is 0 Å². The highest BCUT2D eigenvalue weighted by atomic mass is 16.3. The van der Waals surface area contributed by atoms with Gasteiger partial charge in [0.25, 0.3) is 5.91 Å². The molecule has 0 saturated carbocycles. The van der Waals surface area contributed by atoms with E-state index in [1.54, 1.807) is 11.9 Å². The molecule has 0 radical (unpaired) electrons. The highest BCUT2D eigenvalue weighted by molar-refractivity contribution is 6.05. The Kier molecular flexibility index (Phi) is 3.00. The van der Waals surface area contributed by atoms with Gasteiger partial charge >= 0.3 is 0 Å². The fourth-order valence-corrected chi connectivity index (χ4v) is 2.53. The molecule has 3 rings (SSSR count). The van der Waals surface area contributed by atoms with E-state index in [4.69, 9.17) is 4.42 Å². The molecule has 2 heterocycles. The standard InChI is InChI=1S/C14H16N2O3/c1-16(11-6-15-7-12(11)17)14(18)10-8-19-13-5-3-2-4-9(10)13/h2-5,8,11-12,15,17H,6-7H2,1H3/t11-,12-/m0/s1. The van der Waals surface area contributed by atoms with E-state index in [2.05, 4.69) is 5.32 Å². The number of furan rings is 1. The Bertz CT molecular complexity index is 608. The summed E-state index contributed by atoms with van der Waals surface area (Å²) in [7, 11) is 1.71. The van der Waals surface area contributed by atoms with E-state index in [1.165, 1.54) is 6.26 Å². The van der Waals surface area contributed by atoms with Crippen LogP contribution in [0.3, 0.4) is 0 Å². The first-order valence-corrected chi connectivity index (χ1v) is 6.30. The lowest BCUT2D eigenvalue weighted by molar-refractivity contribution is 0.0582. The molecule has 0 aliphatic carbocycles. The minimum Gasteiger partial charge on any atom is -0.463 e. The van der Waals surface area contributed by atoms with E-state index in [-0.39, 0.29) is 11.9 Å². The number of nitrogens with zero attached hydrogens (tertiary/aromatic N) is 1. The predicted molar refractivity (Wildman–Crippen MR) is 71.0 cm³/mol. The number of benzene rings is 1. The fraction of sp³-hybridized carbons (Fsp3) is 0.357. The summed E-state index contributed by atoms with van der Waals surface area (Å²) in [5.74, 6) is -0.127. The number of carbonyl (C=O) groups is 1. The summed E-state index contributed by atoms with van der Waals surface area (Å²) < 4.78 is 5.38. The van der Waals surface area contributed by atoms with E-state index >= 15 is 0 Å². The minimum atomic E-state index is -0.521. The topological polar surface area (TPSA) is 65.7 Å². The molecule has 19 heavy (non-hydrogen) atoms. The van der Waals surface area contributed by atoms with Crippen molar-refractivity contribution >= 4 is 16.9 Å². The van der Waals surface area contributed by atoms with E-state index < -0.39 is 6.10 Å². The number of β-amino-alcohol motifs (C(OH)–C–C–N with tert-alkyl or cyclic N) is 1. The molecule has 0 unspecified atom stereocenters. The maximum Gasteiger partial charge on any atom is 0.257 e. The van der Waals surface area contributed by atoms with Crippen molar-refractivity contribution < 1.29 is 14.3 Å². The minimum absolute atomic E-state index is 0.127. The normalized spacial score (nSPS) is 22.8. The van der Waals surface area contributed by atoms with Crippen molar-refractivity contribution in [1.29, 1.82) is 0 Å². The highest BCUT2D eigenvalue weighted by Crippen LogP contribution is 2.23. The molecule has 1 aromatic heterocycles. The van der Waals surface area contributed by atoms with Gasteiger partial charge in [-0.05, 0) is 6.07 Å². The Hall–Kier alpha value is -1.85. The summed E-state index contributed by atoms with van der Waals surface area (Å²) in [5, 5.41) is 13.7. The third-order valence-electron chi connectivity index (χ3n) is 3.68. The lowest BCUT2D eigenvalue weighted by atomic mass is 10.1. The van der Waals surface area contributed by atoms with Crippen molar-refractivity contribution in [2.45, 2.75) is 12.1 Å². The number of aliphatic hydroxyl groups excluding tert-OH is 1. The molecule has 0 spiro atoms. The van der Waals surface area contributed by atoms with E-state index in [1.807, 2.05) is 24.3 Å². The van der Waals surface area contributed by atoms with Gasteiger partial charge in [-0.15, -0.1) is 0 Å². The Balaban J connectivity index is 1.91. The summed E-state index contributed by atoms with van der Waals surface area (Å²) in [4.78, 5) is 14.1. The van der Waals surface area contributed by atoms with Crippen molar-refractivity contribution in [2.24, 2.45) is 0 Å². The highest BCUT2D eigenvalue weighted by Gasteiger charge is 2.32. The molecule has 1 saturated heterocycles. The van der Waals surface area contributed by atoms with Crippen molar-refractivity contribution in [1.82, 2.24) is 10.2 Å². The van der Waals surface area contributed by atoms with Gasteiger partial charge in [0.1, 0.15) is 11.8 Å². The number of para-hydroxylation sites is 1. The third kappa shape index (κ3) is 2.01. The SMILES string of the molecule is CN(C(=O)c1coc2ccccc12)[C@H]1CNC[C@@H]1O. The van der Waals surface area contributed by atoms with Crippen molar-refractivity contribution in [3.63, 3.8) is 0 Å². The van der Waals surface area contributed by atoms with Gasteiger partial charge in [-0.25, -0.2) is 0 Å². The molecule has 2 N–H and O–H groups in total. The van der Waals surface area contributed by atoms with Crippen LogP contribution >= 0.6 is 0 Å². The molecule has 5 nitrogen and oxygen atoms in total. The van der Waals surface area contributed by atoms with Crippen LogP contribution in [0.4, 0.5) is 0 Å². The molecule has 0 bridgehead atoms. The number of hydrogen-bond donors (Lipinski definition) is 2. The number of rotatable bonds is 2. The Morgan fingerprint density at radius 1 is 1.42 bits per heavy atom. The second-order valence-corrected chi connectivity index (χ2v) is 4.85. The Morgan fingerprint density at radius 3 is 2.95 bits per heavy atom. The van der Waals surface area contributed by atoms with Crippen LogP contribution in [-0.2, 0) is 0 Å². The summed E-state index contributed by atoms with van der Waals surface area (Å²) in [6.07, 6.45) is 0.963. The lowest BCUT2D eigenvalue weighted by Gasteiger charge is -2.26. The third-order valence-corrected chi connectivity index (χ3v) is 3.68. The van der Waals surface area contributed by atoms with Gasteiger partial charge in [-0.3, -0.25) is 4.79 Å². The van der Waals surface area contributed by atoms with Gasteiger partial charge in [-0.1, -0.05) is 18.2 Å². The smallest absolute Gasteiger partial charge is 0.257 e. The monoisotopic (exact) mass is 260 g/mol. The summed E-state index contributed by atoms with van der Waals surface area (Å²) in [6.45, 7) is 1.13. The van der Waals surface area contributed by atoms with Crippen LogP contribution in [-0.4, -0.2) is 48.2 Å². The fourth-order valence-electron chi connectivity index (χ4n) is 2.53. The molecule has 2 atom stereocenters. The van der Waals surface area contributed by atoms with Crippen LogP contribution in [0, 0.1) is 0 Å². The molecular weight excluding hydrogens is 244 g/mol. The number of likely N-dealkylation sites (N-methyl/N-ethyl adjacent to an activating group) is 1. The van der Waals surface area contributed by atoms with Gasteiger partial charge in [0, 0.05) is 25.5 Å². The average molecular weight is 260 g/mol. The van der Waals surface area contributed by atoms with Gasteiger partial charge in [0.2, 0.25) is 0 Å². The zero-order valence-electron chi connectivity index (χ0n) is 10.7. The zero-order chi connectivity index (χ0) is 13.4. The number of carbonyl (C=O) groups excluding carboxylic acids is 1. The van der Waals surface area contributed by atoms with Crippen LogP contribution in [0.1, 0.15) is 10.4 Å². The molecule has 1 aliphatic rings. The van der Waals surface area contributed by atoms with Crippen LogP contribution in [0.15, 0.2) is 34.9 Å². The summed E-state index contributed by atoms with van der Waals surface area (Å²) >= 11 is 0. The van der Waals surface area contributed by atoms with E-state index in [9.17, 15) is 9.90 Å². The number of fused-ring (bicyclic) bond motifs is 1. The second-order valence-electron chi connectivity index (χ2n) is 4.85. The number of nitrogens with one attached hydrogen (secondary N) is 1. The number of amides is 1. The molecule has 1 amide bonds. The molecule has 2 aromatic rings. The first-order chi connectivity index (χ1) is 9.18. The van der Waals surface area contributed by atoms with Crippen LogP contribution in [0.25, 0.3) is 11.0 Å². The van der Waals surface area contributed by atoms with Crippen LogP contribution < -0.4 is 5.32 Å². The molecular formula is C14H16N2O3. The van der Waals surface area contributed by atoms with Gasteiger partial charge < -0.3 is 19.7 Å². The number of aliphatic hydroxyl groups is 1. The van der Waals surface area contributed by atoms with Crippen LogP contribution in [0.5, 0.6) is 0 Å². The molecule has 1 aliphatic heterocycles. The summed E-state index contributed by atoms with van der Waals surface area (Å²) in [6, 6.07) is 7.25. The van der Waals surface area contributed by atoms with Crippen molar-refractivity contribution in [3.8, 4) is 0 Å². The largest absolute Gasteiger partial charge is 0.463 e. The van der Waals surface area contributed by atoms with Crippen molar-refractivity contribution in [2.75, 3.05) is 20.1 Å². The first-order valence-electron chi connectivity index (χ1n) is 6.30. The average Bonchev–Trinajstić information content (AvgIpc) is 3.03. The predicted octanol–water partition coefficient (Wildman–Crippen LogP) is 0.837. The molecule has 100 valence electrons. The van der Waals surface area contributed by atoms with Crippen molar-refractivity contribution in [3.05, 3.63) is 36.1 Å². The maximum atomic E-state index is 12.5. The Morgan fingerprint density at radius 2 is 2.21 bits per heavy atom. The summed E-state index contributed by atoms with van der Waals surface area (Å²) in [5.41, 5.74) is 1.24. The van der Waals surface area contributed by atoms with Gasteiger partial charge in [0.05, 0.1) is 17.7 Å². The second kappa shape index (κ2) is 4.68. The van der Waals surface area contributed by atoms with E-state index in [0.29, 0.717) is 24.2 Å². The molecule has 1 fully saturated rings. The number of hydrogen-bond acceptors (Lipinski definition) is 4. The Labute approximate surface area is 110 Å². The zero-order valence-corrected chi connectivity index (χ0v) is 10.7.